The summed E-state index contributed by atoms with van der Waals surface area (Å²) in [5.74, 6) is 0. The van der Waals surface area contributed by atoms with Crippen molar-refractivity contribution in [3.8, 4) is 0 Å². The van der Waals surface area contributed by atoms with Crippen LogP contribution in [-0.4, -0.2) is 11.7 Å². The van der Waals surface area contributed by atoms with Crippen LogP contribution in [0, 0.1) is 0 Å². The second-order valence-corrected chi connectivity index (χ2v) is 4.14. The van der Waals surface area contributed by atoms with Gasteiger partial charge in [0.15, 0.2) is 0 Å². The number of hydrogen-bond donors (Lipinski definition) is 1. The third-order valence-electron chi connectivity index (χ3n) is 2.71. The SMILES string of the molecule is CCCCCCc1ccc(C=CCO)cc1. The molecular weight excluding hydrogens is 196 g/mol. The number of unbranched alkanes of at least 4 members (excludes halogenated alkanes) is 3. The number of aliphatic hydroxyl groups excluding tert-OH is 1. The van der Waals surface area contributed by atoms with Crippen molar-refractivity contribution in [3.63, 3.8) is 0 Å². The van der Waals surface area contributed by atoms with Gasteiger partial charge in [-0.05, 0) is 24.0 Å². The largest absolute Gasteiger partial charge is 0.392 e. The topological polar surface area (TPSA) is 20.2 Å². The first-order valence-corrected chi connectivity index (χ1v) is 6.23. The van der Waals surface area contributed by atoms with Gasteiger partial charge >= 0.3 is 0 Å². The molecule has 88 valence electrons. The maximum absolute atomic E-state index is 8.66. The van der Waals surface area contributed by atoms with Gasteiger partial charge in [-0.3, -0.25) is 0 Å². The van der Waals surface area contributed by atoms with E-state index >= 15 is 0 Å². The summed E-state index contributed by atoms with van der Waals surface area (Å²) in [6.07, 6.45) is 10.2. The molecule has 0 saturated heterocycles. The van der Waals surface area contributed by atoms with Gasteiger partial charge < -0.3 is 5.11 Å². The van der Waals surface area contributed by atoms with Crippen LogP contribution in [0.25, 0.3) is 6.08 Å². The average molecular weight is 218 g/mol. The lowest BCUT2D eigenvalue weighted by molar-refractivity contribution is 0.343. The van der Waals surface area contributed by atoms with E-state index in [2.05, 4.69) is 31.2 Å². The summed E-state index contributed by atoms with van der Waals surface area (Å²) in [7, 11) is 0. The molecule has 1 N–H and O–H groups in total. The van der Waals surface area contributed by atoms with Gasteiger partial charge in [-0.2, -0.15) is 0 Å². The van der Waals surface area contributed by atoms with E-state index < -0.39 is 0 Å². The lowest BCUT2D eigenvalue weighted by Gasteiger charge is -2.01. The van der Waals surface area contributed by atoms with Gasteiger partial charge in [-0.25, -0.2) is 0 Å². The second-order valence-electron chi connectivity index (χ2n) is 4.14. The molecule has 0 radical (unpaired) electrons. The Bertz CT molecular complexity index is 298. The Morgan fingerprint density at radius 1 is 1.06 bits per heavy atom. The number of rotatable bonds is 7. The number of hydrogen-bond acceptors (Lipinski definition) is 1. The first kappa shape index (κ1) is 13.0. The smallest absolute Gasteiger partial charge is 0.0615 e. The zero-order valence-corrected chi connectivity index (χ0v) is 10.2. The van der Waals surface area contributed by atoms with Crippen molar-refractivity contribution in [2.24, 2.45) is 0 Å². The predicted octanol–water partition coefficient (Wildman–Crippen LogP) is 3.81. The molecule has 0 aliphatic carbocycles. The van der Waals surface area contributed by atoms with Crippen LogP contribution < -0.4 is 0 Å². The summed E-state index contributed by atoms with van der Waals surface area (Å²) in [5.41, 5.74) is 2.57. The maximum Gasteiger partial charge on any atom is 0.0615 e. The zero-order valence-electron chi connectivity index (χ0n) is 10.2. The van der Waals surface area contributed by atoms with E-state index in [-0.39, 0.29) is 6.61 Å². The standard InChI is InChI=1S/C15H22O/c1-2-3-4-5-7-14-9-11-15(12-10-14)8-6-13-16/h6,8-12,16H,2-5,7,13H2,1H3. The van der Waals surface area contributed by atoms with Gasteiger partial charge in [-0.15, -0.1) is 0 Å². The monoisotopic (exact) mass is 218 g/mol. The molecule has 0 aliphatic rings. The van der Waals surface area contributed by atoms with Crippen LogP contribution in [-0.2, 0) is 6.42 Å². The Labute approximate surface area is 98.8 Å². The molecule has 0 spiro atoms. The molecule has 0 unspecified atom stereocenters. The first-order chi connectivity index (χ1) is 7.86. The highest BCUT2D eigenvalue weighted by molar-refractivity contribution is 5.49. The minimum absolute atomic E-state index is 0.110. The van der Waals surface area contributed by atoms with Crippen molar-refractivity contribution < 1.29 is 5.11 Å². The molecule has 0 atom stereocenters. The molecule has 0 aromatic heterocycles. The van der Waals surface area contributed by atoms with Crippen LogP contribution >= 0.6 is 0 Å². The summed E-state index contributed by atoms with van der Waals surface area (Å²) in [5, 5.41) is 8.66. The molecule has 0 heterocycles. The average Bonchev–Trinajstić information content (AvgIpc) is 2.33. The van der Waals surface area contributed by atoms with Crippen molar-refractivity contribution in [1.82, 2.24) is 0 Å². The van der Waals surface area contributed by atoms with Crippen molar-refractivity contribution in [2.45, 2.75) is 39.0 Å². The van der Waals surface area contributed by atoms with Gasteiger partial charge in [0.25, 0.3) is 0 Å². The molecular formula is C15H22O. The van der Waals surface area contributed by atoms with Crippen LogP contribution in [0.4, 0.5) is 0 Å². The van der Waals surface area contributed by atoms with E-state index in [1.807, 2.05) is 6.08 Å². The molecule has 0 amide bonds. The van der Waals surface area contributed by atoms with Crippen LogP contribution in [0.2, 0.25) is 0 Å². The fourth-order valence-electron chi connectivity index (χ4n) is 1.74. The summed E-state index contributed by atoms with van der Waals surface area (Å²) in [6, 6.07) is 8.59. The lowest BCUT2D eigenvalue weighted by Crippen LogP contribution is -1.86. The highest BCUT2D eigenvalue weighted by Crippen LogP contribution is 2.10. The van der Waals surface area contributed by atoms with E-state index in [9.17, 15) is 0 Å². The summed E-state index contributed by atoms with van der Waals surface area (Å²) >= 11 is 0. The second kappa shape index (κ2) is 8.12. The van der Waals surface area contributed by atoms with Crippen molar-refractivity contribution in [1.29, 1.82) is 0 Å². The van der Waals surface area contributed by atoms with E-state index in [0.717, 1.165) is 5.56 Å². The fraction of sp³-hybridized carbons (Fsp3) is 0.467. The number of aryl methyl sites for hydroxylation is 1. The molecule has 0 fully saturated rings. The lowest BCUT2D eigenvalue weighted by atomic mass is 10.0. The van der Waals surface area contributed by atoms with Gasteiger partial charge in [0.2, 0.25) is 0 Å². The van der Waals surface area contributed by atoms with E-state index in [0.29, 0.717) is 0 Å². The Morgan fingerprint density at radius 2 is 1.81 bits per heavy atom. The third kappa shape index (κ3) is 5.13. The molecule has 16 heavy (non-hydrogen) atoms. The van der Waals surface area contributed by atoms with Gasteiger partial charge in [-0.1, -0.05) is 62.6 Å². The van der Waals surface area contributed by atoms with Gasteiger partial charge in [0.05, 0.1) is 6.61 Å². The third-order valence-corrected chi connectivity index (χ3v) is 2.71. The van der Waals surface area contributed by atoms with Gasteiger partial charge in [0.1, 0.15) is 0 Å². The quantitative estimate of drug-likeness (QED) is 0.690. The summed E-state index contributed by atoms with van der Waals surface area (Å²) in [4.78, 5) is 0. The van der Waals surface area contributed by atoms with Crippen LogP contribution in [0.1, 0.15) is 43.7 Å². The van der Waals surface area contributed by atoms with Crippen molar-refractivity contribution in [3.05, 3.63) is 41.5 Å². The number of benzene rings is 1. The Balaban J connectivity index is 2.36. The first-order valence-electron chi connectivity index (χ1n) is 6.23. The minimum atomic E-state index is 0.110. The zero-order chi connectivity index (χ0) is 11.6. The van der Waals surface area contributed by atoms with E-state index in [4.69, 9.17) is 5.11 Å². The highest BCUT2D eigenvalue weighted by atomic mass is 16.2. The Morgan fingerprint density at radius 3 is 2.44 bits per heavy atom. The molecule has 1 aromatic rings. The van der Waals surface area contributed by atoms with E-state index in [1.165, 1.54) is 37.7 Å². The van der Waals surface area contributed by atoms with E-state index in [1.54, 1.807) is 6.08 Å². The molecule has 1 rings (SSSR count). The molecule has 1 aromatic carbocycles. The maximum atomic E-state index is 8.66. The van der Waals surface area contributed by atoms with Crippen LogP contribution in [0.15, 0.2) is 30.3 Å². The Kier molecular flexibility index (Phi) is 6.59. The fourth-order valence-corrected chi connectivity index (χ4v) is 1.74. The molecule has 0 aliphatic heterocycles. The van der Waals surface area contributed by atoms with Crippen molar-refractivity contribution >= 4 is 6.08 Å². The Hall–Kier alpha value is -1.08. The summed E-state index contributed by atoms with van der Waals surface area (Å²) < 4.78 is 0. The van der Waals surface area contributed by atoms with Crippen LogP contribution in [0.5, 0.6) is 0 Å². The predicted molar refractivity (Wildman–Crippen MR) is 70.4 cm³/mol. The van der Waals surface area contributed by atoms with Crippen molar-refractivity contribution in [2.75, 3.05) is 6.61 Å². The molecule has 0 saturated carbocycles. The molecule has 1 heteroatoms. The van der Waals surface area contributed by atoms with Crippen LogP contribution in [0.3, 0.4) is 0 Å². The summed E-state index contributed by atoms with van der Waals surface area (Å²) in [6.45, 7) is 2.35. The normalized spacial score (nSPS) is 11.1. The van der Waals surface area contributed by atoms with Gasteiger partial charge in [0, 0.05) is 0 Å². The molecule has 0 bridgehead atoms. The molecule has 1 nitrogen and oxygen atoms in total. The minimum Gasteiger partial charge on any atom is -0.392 e. The highest BCUT2D eigenvalue weighted by Gasteiger charge is 1.93. The number of aliphatic hydroxyl groups is 1.